The smallest absolute Gasteiger partial charge is 0.264 e. The second-order valence-corrected chi connectivity index (χ2v) is 6.97. The van der Waals surface area contributed by atoms with Gasteiger partial charge in [0.25, 0.3) is 10.0 Å². The lowest BCUT2D eigenvalue weighted by atomic mass is 10.3. The summed E-state index contributed by atoms with van der Waals surface area (Å²) < 4.78 is 37.4. The lowest BCUT2D eigenvalue weighted by Crippen LogP contribution is -2.13. The Balaban J connectivity index is 1.66. The molecule has 0 aliphatic heterocycles. The van der Waals surface area contributed by atoms with Gasteiger partial charge in [-0.05, 0) is 46.8 Å². The fourth-order valence-corrected chi connectivity index (χ4v) is 4.00. The van der Waals surface area contributed by atoms with Gasteiger partial charge in [-0.2, -0.15) is 8.75 Å². The maximum Gasteiger partial charge on any atom is 0.264 e. The highest BCUT2D eigenvalue weighted by Gasteiger charge is 2.19. The molecule has 11 heteroatoms. The molecule has 0 radical (unpaired) electrons. The Morgan fingerprint density at radius 1 is 1.04 bits per heavy atom. The third-order valence-electron chi connectivity index (χ3n) is 3.27. The van der Waals surface area contributed by atoms with Gasteiger partial charge in [0.1, 0.15) is 22.3 Å². The Bertz CT molecular complexity index is 1090. The van der Waals surface area contributed by atoms with Crippen molar-refractivity contribution in [3.8, 4) is 5.69 Å². The van der Waals surface area contributed by atoms with E-state index >= 15 is 0 Å². The van der Waals surface area contributed by atoms with E-state index in [9.17, 15) is 8.42 Å². The molecule has 0 saturated carbocycles. The first kappa shape index (κ1) is 14.7. The molecule has 0 aliphatic rings. The fourth-order valence-electron chi connectivity index (χ4n) is 2.17. The van der Waals surface area contributed by atoms with E-state index in [0.29, 0.717) is 22.4 Å². The van der Waals surface area contributed by atoms with E-state index in [4.69, 9.17) is 0 Å². The van der Waals surface area contributed by atoms with E-state index < -0.39 is 10.0 Å². The number of sulfonamides is 1. The number of hydrogen-bond donors (Lipinski definition) is 1. The summed E-state index contributed by atoms with van der Waals surface area (Å²) in [7, 11) is -3.77. The predicted molar refractivity (Wildman–Crippen MR) is 87.4 cm³/mol. The molecule has 9 nitrogen and oxygen atoms in total. The lowest BCUT2D eigenvalue weighted by molar-refractivity contribution is 0.602. The van der Waals surface area contributed by atoms with Gasteiger partial charge in [-0.15, -0.1) is 5.10 Å². The average Bonchev–Trinajstić information content (AvgIpc) is 3.26. The molecule has 2 aromatic carbocycles. The van der Waals surface area contributed by atoms with Gasteiger partial charge in [0.2, 0.25) is 0 Å². The van der Waals surface area contributed by atoms with E-state index in [0.717, 1.165) is 11.7 Å². The van der Waals surface area contributed by atoms with E-state index in [1.807, 2.05) is 0 Å². The van der Waals surface area contributed by atoms with E-state index in [1.54, 1.807) is 36.4 Å². The summed E-state index contributed by atoms with van der Waals surface area (Å²) in [5, 5.41) is 10.9. The van der Waals surface area contributed by atoms with Gasteiger partial charge >= 0.3 is 0 Å². The van der Waals surface area contributed by atoms with Gasteiger partial charge in [-0.25, -0.2) is 13.1 Å². The van der Waals surface area contributed by atoms with Gasteiger partial charge in [-0.3, -0.25) is 4.72 Å². The first-order valence-corrected chi connectivity index (χ1v) is 8.92. The Hall–Kier alpha value is -2.92. The second-order valence-electron chi connectivity index (χ2n) is 4.79. The molecule has 120 valence electrons. The molecule has 0 atom stereocenters. The van der Waals surface area contributed by atoms with Crippen LogP contribution in [0.2, 0.25) is 0 Å². The Labute approximate surface area is 140 Å². The third kappa shape index (κ3) is 2.59. The topological polar surface area (TPSA) is 116 Å². The van der Waals surface area contributed by atoms with Crippen LogP contribution >= 0.6 is 11.7 Å². The molecule has 24 heavy (non-hydrogen) atoms. The van der Waals surface area contributed by atoms with Gasteiger partial charge < -0.3 is 0 Å². The summed E-state index contributed by atoms with van der Waals surface area (Å²) in [5.41, 5.74) is 2.05. The predicted octanol–water partition coefficient (Wildman–Crippen LogP) is 1.47. The fraction of sp³-hybridized carbons (Fsp3) is 0. The summed E-state index contributed by atoms with van der Waals surface area (Å²) in [5.74, 6) is 0. The van der Waals surface area contributed by atoms with Crippen LogP contribution in [0.25, 0.3) is 16.7 Å². The van der Waals surface area contributed by atoms with Crippen LogP contribution < -0.4 is 4.72 Å². The van der Waals surface area contributed by atoms with Crippen LogP contribution in [0.5, 0.6) is 0 Å². The highest BCUT2D eigenvalue weighted by Crippen LogP contribution is 2.23. The summed E-state index contributed by atoms with van der Waals surface area (Å²) in [4.78, 5) is 0.0957. The standard InChI is InChI=1S/C13H9N7O2S2/c21-24(22,12-3-1-2-11-13(12)16-23-15-11)17-9-4-6-10(7-5-9)20-8-14-18-19-20/h1-8,17H. The summed E-state index contributed by atoms with van der Waals surface area (Å²) in [6.07, 6.45) is 1.45. The van der Waals surface area contributed by atoms with Crippen LogP contribution in [-0.2, 0) is 10.0 Å². The summed E-state index contributed by atoms with van der Waals surface area (Å²) in [6, 6.07) is 11.5. The number of rotatable bonds is 4. The van der Waals surface area contributed by atoms with Gasteiger partial charge in [-0.1, -0.05) is 6.07 Å². The third-order valence-corrected chi connectivity index (χ3v) is 5.23. The van der Waals surface area contributed by atoms with Crippen molar-refractivity contribution in [1.82, 2.24) is 29.0 Å². The molecule has 0 amide bonds. The maximum absolute atomic E-state index is 12.6. The molecule has 0 bridgehead atoms. The molecule has 0 fully saturated rings. The molecule has 4 aromatic rings. The minimum atomic E-state index is -3.77. The zero-order valence-corrected chi connectivity index (χ0v) is 13.6. The minimum Gasteiger partial charge on any atom is -0.280 e. The highest BCUT2D eigenvalue weighted by molar-refractivity contribution is 7.93. The molecule has 0 aliphatic carbocycles. The lowest BCUT2D eigenvalue weighted by Gasteiger charge is -2.09. The molecule has 2 aromatic heterocycles. The molecule has 0 spiro atoms. The van der Waals surface area contributed by atoms with Gasteiger partial charge in [0, 0.05) is 5.69 Å². The van der Waals surface area contributed by atoms with Crippen molar-refractivity contribution in [2.75, 3.05) is 4.72 Å². The number of nitrogens with zero attached hydrogens (tertiary/aromatic N) is 6. The van der Waals surface area contributed by atoms with Crippen molar-refractivity contribution >= 4 is 38.5 Å². The van der Waals surface area contributed by atoms with Crippen molar-refractivity contribution in [3.05, 3.63) is 48.8 Å². The van der Waals surface area contributed by atoms with Crippen molar-refractivity contribution in [2.45, 2.75) is 4.90 Å². The van der Waals surface area contributed by atoms with Crippen LogP contribution in [0, 0.1) is 0 Å². The quantitative estimate of drug-likeness (QED) is 0.586. The van der Waals surface area contributed by atoms with Crippen LogP contribution in [0.4, 0.5) is 5.69 Å². The second kappa shape index (κ2) is 5.62. The largest absolute Gasteiger partial charge is 0.280 e. The van der Waals surface area contributed by atoms with Crippen LogP contribution in [0.15, 0.2) is 53.7 Å². The average molecular weight is 359 g/mol. The Kier molecular flexibility index (Phi) is 3.43. The van der Waals surface area contributed by atoms with E-state index in [1.165, 1.54) is 17.1 Å². The first-order chi connectivity index (χ1) is 11.6. The van der Waals surface area contributed by atoms with E-state index in [-0.39, 0.29) is 4.90 Å². The maximum atomic E-state index is 12.6. The zero-order chi connectivity index (χ0) is 16.6. The number of nitrogens with one attached hydrogen (secondary N) is 1. The number of hydrogen-bond acceptors (Lipinski definition) is 8. The van der Waals surface area contributed by atoms with Crippen molar-refractivity contribution < 1.29 is 8.42 Å². The number of anilines is 1. The molecular weight excluding hydrogens is 350 g/mol. The Morgan fingerprint density at radius 3 is 2.62 bits per heavy atom. The number of fused-ring (bicyclic) bond motifs is 1. The van der Waals surface area contributed by atoms with Crippen molar-refractivity contribution in [2.24, 2.45) is 0 Å². The number of tetrazole rings is 1. The molecular formula is C13H9N7O2S2. The number of benzene rings is 2. The SMILES string of the molecule is O=S(=O)(Nc1ccc(-n2cnnn2)cc1)c1cccc2nsnc12. The number of aromatic nitrogens is 6. The monoisotopic (exact) mass is 359 g/mol. The zero-order valence-electron chi connectivity index (χ0n) is 11.9. The van der Waals surface area contributed by atoms with Gasteiger partial charge in [0.15, 0.2) is 0 Å². The Morgan fingerprint density at radius 2 is 1.88 bits per heavy atom. The van der Waals surface area contributed by atoms with Crippen molar-refractivity contribution in [3.63, 3.8) is 0 Å². The van der Waals surface area contributed by atoms with Gasteiger partial charge in [0.05, 0.1) is 17.4 Å². The minimum absolute atomic E-state index is 0.0957. The normalized spacial score (nSPS) is 11.7. The molecule has 4 rings (SSSR count). The van der Waals surface area contributed by atoms with Crippen LogP contribution in [-0.4, -0.2) is 37.4 Å². The molecule has 0 saturated heterocycles. The van der Waals surface area contributed by atoms with E-state index in [2.05, 4.69) is 29.0 Å². The van der Waals surface area contributed by atoms with Crippen molar-refractivity contribution in [1.29, 1.82) is 0 Å². The molecule has 2 heterocycles. The van der Waals surface area contributed by atoms with Crippen LogP contribution in [0.3, 0.4) is 0 Å². The summed E-state index contributed by atoms with van der Waals surface area (Å²) >= 11 is 0.976. The molecule has 0 unspecified atom stereocenters. The highest BCUT2D eigenvalue weighted by atomic mass is 32.2. The molecule has 1 N–H and O–H groups in total. The van der Waals surface area contributed by atoms with Crippen LogP contribution in [0.1, 0.15) is 0 Å². The summed E-state index contributed by atoms with van der Waals surface area (Å²) in [6.45, 7) is 0. The first-order valence-electron chi connectivity index (χ1n) is 6.71.